The smallest absolute Gasteiger partial charge is 0.137 e. The molecule has 0 bridgehead atoms. The Bertz CT molecular complexity index is 912. The normalized spacial score (nSPS) is 45.2. The van der Waals surface area contributed by atoms with Crippen LogP contribution in [-0.2, 0) is 9.63 Å². The summed E-state index contributed by atoms with van der Waals surface area (Å²) in [7, 11) is 1.65. The second-order valence-corrected chi connectivity index (χ2v) is 14.4. The highest BCUT2D eigenvalue weighted by Gasteiger charge is 2.71. The van der Waals surface area contributed by atoms with Gasteiger partial charge in [-0.2, -0.15) is 0 Å². The van der Waals surface area contributed by atoms with Crippen LogP contribution in [0.2, 0.25) is 0 Å². The van der Waals surface area contributed by atoms with E-state index in [2.05, 4.69) is 59.7 Å². The number of carbonyl (C=O) groups excluding carboxylic acids is 1. The van der Waals surface area contributed by atoms with E-state index in [1.807, 2.05) is 6.92 Å². The van der Waals surface area contributed by atoms with E-state index in [1.54, 1.807) is 7.11 Å². The molecular weight excluding hydrogens is 434 g/mol. The lowest BCUT2D eigenvalue weighted by molar-refractivity contribution is -0.197. The Labute approximate surface area is 214 Å². The minimum atomic E-state index is -0.799. The van der Waals surface area contributed by atoms with Gasteiger partial charge in [-0.25, -0.2) is 0 Å². The highest BCUT2D eigenvalue weighted by atomic mass is 16.6. The van der Waals surface area contributed by atoms with Crippen molar-refractivity contribution < 1.29 is 14.7 Å². The fourth-order valence-corrected chi connectivity index (χ4v) is 10.1. The Morgan fingerprint density at radius 2 is 1.74 bits per heavy atom. The summed E-state index contributed by atoms with van der Waals surface area (Å²) >= 11 is 0. The number of hydrogen-bond acceptors (Lipinski definition) is 4. The second-order valence-electron chi connectivity index (χ2n) is 14.4. The molecule has 0 spiro atoms. The van der Waals surface area contributed by atoms with E-state index < -0.39 is 5.60 Å². The number of hydrogen-bond donors (Lipinski definition) is 1. The Hall–Kier alpha value is -1.16. The van der Waals surface area contributed by atoms with Gasteiger partial charge >= 0.3 is 0 Å². The SMILES string of the molecule is CO/N=C1\CC[C@@]2(C)C(CC[C@]3(C)C2CC(=O)C2C([C@@](C)(O)CCC=C(C)C)CC[C@]23C)C1(C)C. The summed E-state index contributed by atoms with van der Waals surface area (Å²) in [5.74, 6) is 1.37. The average Bonchev–Trinajstić information content (AvgIpc) is 3.12. The Kier molecular flexibility index (Phi) is 6.69. The highest BCUT2D eigenvalue weighted by molar-refractivity contribution is 5.91. The number of fused-ring (bicyclic) bond motifs is 5. The molecule has 0 aliphatic heterocycles. The number of aliphatic hydroxyl groups is 1. The van der Waals surface area contributed by atoms with Gasteiger partial charge in [-0.3, -0.25) is 4.79 Å². The maximum Gasteiger partial charge on any atom is 0.137 e. The van der Waals surface area contributed by atoms with Crippen LogP contribution in [0, 0.1) is 45.3 Å². The zero-order valence-corrected chi connectivity index (χ0v) is 24.0. The molecule has 8 atom stereocenters. The molecule has 4 unspecified atom stereocenters. The van der Waals surface area contributed by atoms with Crippen LogP contribution in [0.3, 0.4) is 0 Å². The first-order valence-corrected chi connectivity index (χ1v) is 14.1. The van der Waals surface area contributed by atoms with Gasteiger partial charge < -0.3 is 9.94 Å². The van der Waals surface area contributed by atoms with Gasteiger partial charge in [-0.1, -0.05) is 51.4 Å². The van der Waals surface area contributed by atoms with Crippen LogP contribution in [0.25, 0.3) is 0 Å². The van der Waals surface area contributed by atoms with Crippen molar-refractivity contribution in [3.05, 3.63) is 11.6 Å². The maximum absolute atomic E-state index is 14.1. The van der Waals surface area contributed by atoms with Crippen molar-refractivity contribution in [3.8, 4) is 0 Å². The second kappa shape index (κ2) is 8.71. The lowest BCUT2D eigenvalue weighted by atomic mass is 9.35. The van der Waals surface area contributed by atoms with E-state index >= 15 is 0 Å². The average molecular weight is 486 g/mol. The highest BCUT2D eigenvalue weighted by Crippen LogP contribution is 2.74. The molecule has 4 saturated carbocycles. The summed E-state index contributed by atoms with van der Waals surface area (Å²) in [6, 6.07) is 0. The molecule has 1 N–H and O–H groups in total. The summed E-state index contributed by atoms with van der Waals surface area (Å²) in [4.78, 5) is 19.3. The molecule has 4 nitrogen and oxygen atoms in total. The molecule has 0 aromatic heterocycles. The van der Waals surface area contributed by atoms with Crippen LogP contribution in [0.15, 0.2) is 16.8 Å². The zero-order chi connectivity index (χ0) is 26.0. The summed E-state index contributed by atoms with van der Waals surface area (Å²) in [6.07, 6.45) is 10.9. The monoisotopic (exact) mass is 485 g/mol. The number of carbonyl (C=O) groups is 1. The third kappa shape index (κ3) is 3.87. The predicted molar refractivity (Wildman–Crippen MR) is 143 cm³/mol. The molecule has 4 aliphatic carbocycles. The molecule has 4 fully saturated rings. The van der Waals surface area contributed by atoms with Gasteiger partial charge in [0.1, 0.15) is 12.9 Å². The van der Waals surface area contributed by atoms with Gasteiger partial charge in [0, 0.05) is 17.8 Å². The standard InChI is InChI=1S/C31H51NO3/c1-20(2)11-10-15-31(8,34)21-12-17-30(7)26(21)22(33)19-24-28(5)16-14-25(32-35-9)27(3,4)23(28)13-18-29(24,30)6/h11,21,23-24,26,34H,10,12-19H2,1-9H3/b32-25+/t21?,23?,24?,26?,28-,29+,30+,31-/m0/s1. The number of Topliss-reactive ketones (excluding diaryl/α,β-unsaturated/α-hetero) is 1. The Balaban J connectivity index is 1.67. The van der Waals surface area contributed by atoms with Gasteiger partial charge in [0.05, 0.1) is 11.3 Å². The number of nitrogens with zero attached hydrogens (tertiary/aromatic N) is 1. The molecule has 4 rings (SSSR count). The fraction of sp³-hybridized carbons (Fsp3) is 0.871. The number of oxime groups is 1. The van der Waals surface area contributed by atoms with Gasteiger partial charge in [0.25, 0.3) is 0 Å². The molecule has 4 aliphatic rings. The van der Waals surface area contributed by atoms with Crippen LogP contribution in [-0.4, -0.2) is 29.3 Å². The van der Waals surface area contributed by atoms with Crippen molar-refractivity contribution in [2.45, 2.75) is 119 Å². The van der Waals surface area contributed by atoms with E-state index in [-0.39, 0.29) is 33.5 Å². The van der Waals surface area contributed by atoms with Gasteiger partial charge in [0.2, 0.25) is 0 Å². The molecule has 4 heteroatoms. The third-order valence-corrected chi connectivity index (χ3v) is 12.2. The first-order chi connectivity index (χ1) is 16.1. The van der Waals surface area contributed by atoms with Crippen molar-refractivity contribution in [1.29, 1.82) is 0 Å². The first kappa shape index (κ1) is 26.9. The molecular formula is C31H51NO3. The van der Waals surface area contributed by atoms with Crippen molar-refractivity contribution >= 4 is 11.5 Å². The molecule has 0 aromatic rings. The van der Waals surface area contributed by atoms with Crippen molar-refractivity contribution in [2.24, 2.45) is 50.5 Å². The topological polar surface area (TPSA) is 58.9 Å². The van der Waals surface area contributed by atoms with E-state index in [4.69, 9.17) is 4.84 Å². The van der Waals surface area contributed by atoms with E-state index in [0.717, 1.165) is 44.9 Å². The zero-order valence-electron chi connectivity index (χ0n) is 24.0. The van der Waals surface area contributed by atoms with Crippen LogP contribution < -0.4 is 0 Å². The molecule has 0 radical (unpaired) electrons. The van der Waals surface area contributed by atoms with Crippen LogP contribution in [0.1, 0.15) is 113 Å². The number of rotatable bonds is 5. The Morgan fingerprint density at radius 1 is 1.09 bits per heavy atom. The minimum Gasteiger partial charge on any atom is -0.399 e. The molecule has 35 heavy (non-hydrogen) atoms. The van der Waals surface area contributed by atoms with Gasteiger partial charge in [0.15, 0.2) is 0 Å². The molecule has 0 aromatic carbocycles. The van der Waals surface area contributed by atoms with Crippen LogP contribution in [0.5, 0.6) is 0 Å². The predicted octanol–water partition coefficient (Wildman–Crippen LogP) is 7.35. The first-order valence-electron chi connectivity index (χ1n) is 14.1. The van der Waals surface area contributed by atoms with E-state index in [1.165, 1.54) is 17.7 Å². The van der Waals surface area contributed by atoms with Crippen molar-refractivity contribution in [2.75, 3.05) is 7.11 Å². The van der Waals surface area contributed by atoms with E-state index in [0.29, 0.717) is 24.0 Å². The quantitative estimate of drug-likeness (QED) is 0.327. The lowest BCUT2D eigenvalue weighted by Crippen LogP contribution is -2.65. The minimum absolute atomic E-state index is 0.0159. The molecule has 0 amide bonds. The molecule has 0 heterocycles. The summed E-state index contributed by atoms with van der Waals surface area (Å²) in [5, 5.41) is 16.1. The largest absolute Gasteiger partial charge is 0.399 e. The van der Waals surface area contributed by atoms with Crippen LogP contribution >= 0.6 is 0 Å². The van der Waals surface area contributed by atoms with Gasteiger partial charge in [-0.05, 0) is 106 Å². The lowest BCUT2D eigenvalue weighted by Gasteiger charge is -2.68. The van der Waals surface area contributed by atoms with Crippen molar-refractivity contribution in [3.63, 3.8) is 0 Å². The number of allylic oxidation sites excluding steroid dienone is 2. The maximum atomic E-state index is 14.1. The summed E-state index contributed by atoms with van der Waals surface area (Å²) in [5.41, 5.74) is 1.86. The van der Waals surface area contributed by atoms with Gasteiger partial charge in [-0.15, -0.1) is 0 Å². The third-order valence-electron chi connectivity index (χ3n) is 12.2. The number of ketones is 1. The van der Waals surface area contributed by atoms with E-state index in [9.17, 15) is 9.90 Å². The summed E-state index contributed by atoms with van der Waals surface area (Å²) < 4.78 is 0. The fourth-order valence-electron chi connectivity index (χ4n) is 10.1. The summed E-state index contributed by atoms with van der Waals surface area (Å²) in [6.45, 7) is 18.3. The molecule has 0 saturated heterocycles. The Morgan fingerprint density at radius 3 is 2.37 bits per heavy atom. The van der Waals surface area contributed by atoms with Crippen LogP contribution in [0.4, 0.5) is 0 Å². The molecule has 198 valence electrons. The van der Waals surface area contributed by atoms with Crippen molar-refractivity contribution in [1.82, 2.24) is 0 Å².